The van der Waals surface area contributed by atoms with Crippen LogP contribution in [0.15, 0.2) is 52.7 Å². The lowest BCUT2D eigenvalue weighted by molar-refractivity contribution is -0.132. The van der Waals surface area contributed by atoms with Crippen molar-refractivity contribution in [2.24, 2.45) is 0 Å². The minimum Gasteiger partial charge on any atom is -0.507 e. The summed E-state index contributed by atoms with van der Waals surface area (Å²) < 4.78 is 16.4. The van der Waals surface area contributed by atoms with E-state index >= 15 is 0 Å². The maximum absolute atomic E-state index is 13.2. The molecule has 1 aromatic carbocycles. The summed E-state index contributed by atoms with van der Waals surface area (Å²) in [7, 11) is 0. The van der Waals surface area contributed by atoms with Crippen LogP contribution in [0.1, 0.15) is 59.4 Å². The summed E-state index contributed by atoms with van der Waals surface area (Å²) in [6.07, 6.45) is 3.26. The predicted octanol–water partition coefficient (Wildman–Crippen LogP) is 5.03. The molecule has 1 N–H and O–H groups in total. The lowest BCUT2D eigenvalue weighted by atomic mass is 9.99. The van der Waals surface area contributed by atoms with Crippen molar-refractivity contribution in [1.29, 1.82) is 0 Å². The van der Waals surface area contributed by atoms with Gasteiger partial charge in [0.1, 0.15) is 28.2 Å². The monoisotopic (exact) mass is 510 g/mol. The van der Waals surface area contributed by atoms with Crippen LogP contribution in [-0.4, -0.2) is 41.0 Å². The zero-order valence-corrected chi connectivity index (χ0v) is 21.0. The maximum Gasteiger partial charge on any atom is 0.350 e. The molecule has 36 heavy (non-hydrogen) atoms. The van der Waals surface area contributed by atoms with E-state index in [2.05, 4.69) is 11.9 Å². The average molecular weight is 511 g/mol. The lowest BCUT2D eigenvalue weighted by Crippen LogP contribution is -2.29. The number of carbonyl (C=O) groups is 3. The minimum absolute atomic E-state index is 0.120. The number of esters is 1. The number of anilines is 1. The van der Waals surface area contributed by atoms with Crippen molar-refractivity contribution in [2.75, 3.05) is 18.1 Å². The summed E-state index contributed by atoms with van der Waals surface area (Å²) in [5, 5.41) is 11.4. The number of aliphatic hydroxyl groups excluding tert-OH is 1. The second kappa shape index (κ2) is 10.8. The smallest absolute Gasteiger partial charge is 0.350 e. The second-order valence-electron chi connectivity index (χ2n) is 8.05. The molecular weight excluding hydrogens is 484 g/mol. The topological polar surface area (TPSA) is 119 Å². The molecule has 1 aliphatic heterocycles. The van der Waals surface area contributed by atoms with Gasteiger partial charge in [0, 0.05) is 5.56 Å². The second-order valence-corrected chi connectivity index (χ2v) is 9.02. The number of aromatic nitrogens is 1. The first-order valence-corrected chi connectivity index (χ1v) is 12.4. The number of furan rings is 1. The Morgan fingerprint density at radius 1 is 1.22 bits per heavy atom. The van der Waals surface area contributed by atoms with Crippen molar-refractivity contribution in [2.45, 2.75) is 39.7 Å². The van der Waals surface area contributed by atoms with E-state index in [1.165, 1.54) is 6.26 Å². The van der Waals surface area contributed by atoms with Gasteiger partial charge in [0.25, 0.3) is 5.78 Å². The molecule has 0 aliphatic carbocycles. The van der Waals surface area contributed by atoms with Gasteiger partial charge in [-0.1, -0.05) is 36.8 Å². The van der Waals surface area contributed by atoms with E-state index in [-0.39, 0.29) is 33.7 Å². The zero-order valence-electron chi connectivity index (χ0n) is 20.1. The number of rotatable bonds is 9. The summed E-state index contributed by atoms with van der Waals surface area (Å²) in [6.45, 7) is 6.06. The molecule has 3 aromatic rings. The number of carbonyl (C=O) groups excluding carboxylic acids is 3. The molecule has 1 amide bonds. The van der Waals surface area contributed by atoms with Crippen LogP contribution in [0.2, 0.25) is 0 Å². The number of ether oxygens (including phenoxy) is 2. The summed E-state index contributed by atoms with van der Waals surface area (Å²) in [6, 6.07) is 8.84. The predicted molar refractivity (Wildman–Crippen MR) is 133 cm³/mol. The Morgan fingerprint density at radius 2 is 2.03 bits per heavy atom. The number of hydrogen-bond acceptors (Lipinski definition) is 9. The third-order valence-corrected chi connectivity index (χ3v) is 6.72. The molecule has 1 unspecified atom stereocenters. The summed E-state index contributed by atoms with van der Waals surface area (Å²) in [5.41, 5.74) is 0.540. The molecule has 0 saturated carbocycles. The molecule has 1 fully saturated rings. The van der Waals surface area contributed by atoms with Crippen LogP contribution in [0, 0.1) is 6.92 Å². The van der Waals surface area contributed by atoms with Crippen LogP contribution in [0.3, 0.4) is 0 Å². The number of benzene rings is 1. The molecule has 10 heteroatoms. The van der Waals surface area contributed by atoms with Gasteiger partial charge in [0.2, 0.25) is 0 Å². The van der Waals surface area contributed by atoms with E-state index < -0.39 is 23.7 Å². The number of nitrogens with zero attached hydrogens (tertiary/aromatic N) is 2. The van der Waals surface area contributed by atoms with Gasteiger partial charge < -0.3 is 19.0 Å². The largest absolute Gasteiger partial charge is 0.507 e. The molecule has 0 radical (unpaired) electrons. The Bertz CT molecular complexity index is 1310. The Hall–Kier alpha value is -3.92. The number of Topliss-reactive ketones (excluding diaryl/α,β-unsaturated/α-hetero) is 1. The van der Waals surface area contributed by atoms with E-state index in [0.29, 0.717) is 23.6 Å². The molecule has 1 atom stereocenters. The number of aliphatic hydroxyl groups is 1. The Labute approximate surface area is 212 Å². The number of ketones is 1. The van der Waals surface area contributed by atoms with Gasteiger partial charge in [-0.05, 0) is 44.5 Å². The number of aryl methyl sites for hydroxylation is 1. The number of amides is 1. The van der Waals surface area contributed by atoms with E-state index in [1.807, 2.05) is 0 Å². The SMILES string of the molecule is CCCCOc1cccc(/C(O)=C2\C(=O)C(=O)N(c3nc(C)c(C(=O)OCC)s3)C2c2ccco2)c1. The molecule has 3 heterocycles. The van der Waals surface area contributed by atoms with Crippen LogP contribution in [0.4, 0.5) is 5.13 Å². The fourth-order valence-corrected chi connectivity index (χ4v) is 4.83. The van der Waals surface area contributed by atoms with Gasteiger partial charge in [-0.3, -0.25) is 14.5 Å². The van der Waals surface area contributed by atoms with Crippen molar-refractivity contribution < 1.29 is 33.4 Å². The normalized spacial score (nSPS) is 17.0. The Balaban J connectivity index is 1.80. The fourth-order valence-electron chi connectivity index (χ4n) is 3.84. The first-order valence-electron chi connectivity index (χ1n) is 11.6. The fraction of sp³-hybridized carbons (Fsp3) is 0.308. The number of hydrogen-bond donors (Lipinski definition) is 1. The van der Waals surface area contributed by atoms with Crippen LogP contribution >= 0.6 is 11.3 Å². The third kappa shape index (κ3) is 4.76. The molecule has 0 spiro atoms. The van der Waals surface area contributed by atoms with Crippen molar-refractivity contribution in [3.63, 3.8) is 0 Å². The number of unbranched alkanes of at least 4 members (excludes halogenated alkanes) is 1. The van der Waals surface area contributed by atoms with Crippen molar-refractivity contribution >= 4 is 39.9 Å². The highest BCUT2D eigenvalue weighted by molar-refractivity contribution is 7.17. The van der Waals surface area contributed by atoms with E-state index in [1.54, 1.807) is 50.2 Å². The summed E-state index contributed by atoms with van der Waals surface area (Å²) >= 11 is 0.936. The van der Waals surface area contributed by atoms with Gasteiger partial charge in [-0.2, -0.15) is 0 Å². The molecule has 9 nitrogen and oxygen atoms in total. The van der Waals surface area contributed by atoms with Gasteiger partial charge in [0.15, 0.2) is 5.13 Å². The first kappa shape index (κ1) is 25.2. The molecule has 4 rings (SSSR count). The molecule has 1 saturated heterocycles. The molecule has 1 aliphatic rings. The highest BCUT2D eigenvalue weighted by atomic mass is 32.1. The van der Waals surface area contributed by atoms with E-state index in [9.17, 15) is 19.5 Å². The highest BCUT2D eigenvalue weighted by Crippen LogP contribution is 2.44. The van der Waals surface area contributed by atoms with Crippen molar-refractivity contribution in [3.8, 4) is 5.75 Å². The van der Waals surface area contributed by atoms with Crippen molar-refractivity contribution in [1.82, 2.24) is 4.98 Å². The first-order chi connectivity index (χ1) is 17.4. The molecule has 0 bridgehead atoms. The van der Waals surface area contributed by atoms with Gasteiger partial charge >= 0.3 is 11.9 Å². The summed E-state index contributed by atoms with van der Waals surface area (Å²) in [4.78, 5) is 44.5. The summed E-state index contributed by atoms with van der Waals surface area (Å²) in [5.74, 6) is -1.92. The number of thiazole rings is 1. The highest BCUT2D eigenvalue weighted by Gasteiger charge is 2.49. The van der Waals surface area contributed by atoms with Crippen LogP contribution in [0.25, 0.3) is 5.76 Å². The quantitative estimate of drug-likeness (QED) is 0.140. The van der Waals surface area contributed by atoms with Gasteiger partial charge in [-0.15, -0.1) is 0 Å². The standard InChI is InChI=1S/C26H26N2O7S/c1-4-6-12-34-17-10-7-9-16(14-17)21(29)19-20(18-11-8-13-35-18)28(24(31)22(19)30)26-27-15(3)23(36-26)25(32)33-5-2/h7-11,13-14,20,29H,4-6,12H2,1-3H3/b21-19+. The zero-order chi connectivity index (χ0) is 25.8. The maximum atomic E-state index is 13.2. The van der Waals surface area contributed by atoms with Crippen LogP contribution in [-0.2, 0) is 14.3 Å². The van der Waals surface area contributed by atoms with Crippen molar-refractivity contribution in [3.05, 3.63) is 70.1 Å². The Morgan fingerprint density at radius 3 is 2.72 bits per heavy atom. The minimum atomic E-state index is -1.08. The average Bonchev–Trinajstić information content (AvgIpc) is 3.58. The lowest BCUT2D eigenvalue weighted by Gasteiger charge is -2.20. The third-order valence-electron chi connectivity index (χ3n) is 5.58. The molecule has 2 aromatic heterocycles. The van der Waals surface area contributed by atoms with E-state index in [4.69, 9.17) is 13.9 Å². The Kier molecular flexibility index (Phi) is 7.54. The van der Waals surface area contributed by atoms with Gasteiger partial charge in [-0.25, -0.2) is 9.78 Å². The van der Waals surface area contributed by atoms with Crippen LogP contribution < -0.4 is 9.64 Å². The van der Waals surface area contributed by atoms with Gasteiger partial charge in [0.05, 0.1) is 30.7 Å². The van der Waals surface area contributed by atoms with E-state index in [0.717, 1.165) is 29.1 Å². The van der Waals surface area contributed by atoms with Crippen LogP contribution in [0.5, 0.6) is 5.75 Å². The molecule has 188 valence electrons. The molecular formula is C26H26N2O7S.